The Labute approximate surface area is 99.6 Å². The SMILES string of the molecule is Cc1cnc(CNC(C)c2ccncc2)s1. The molecule has 0 bridgehead atoms. The van der Waals surface area contributed by atoms with E-state index in [0.29, 0.717) is 6.04 Å². The van der Waals surface area contributed by atoms with Crippen molar-refractivity contribution >= 4 is 11.3 Å². The lowest BCUT2D eigenvalue weighted by atomic mass is 10.1. The van der Waals surface area contributed by atoms with Gasteiger partial charge in [-0.25, -0.2) is 4.98 Å². The predicted molar refractivity (Wildman–Crippen MR) is 66.3 cm³/mol. The van der Waals surface area contributed by atoms with Gasteiger partial charge in [-0.05, 0) is 31.5 Å². The maximum Gasteiger partial charge on any atom is 0.107 e. The van der Waals surface area contributed by atoms with Crippen LogP contribution >= 0.6 is 11.3 Å². The molecule has 1 atom stereocenters. The van der Waals surface area contributed by atoms with Crippen molar-refractivity contribution in [1.29, 1.82) is 0 Å². The smallest absolute Gasteiger partial charge is 0.107 e. The van der Waals surface area contributed by atoms with E-state index in [1.807, 2.05) is 30.7 Å². The molecule has 16 heavy (non-hydrogen) atoms. The second-order valence-electron chi connectivity index (χ2n) is 3.75. The zero-order valence-corrected chi connectivity index (χ0v) is 10.3. The van der Waals surface area contributed by atoms with Crippen molar-refractivity contribution in [3.8, 4) is 0 Å². The number of hydrogen-bond acceptors (Lipinski definition) is 4. The lowest BCUT2D eigenvalue weighted by Gasteiger charge is -2.12. The molecule has 2 rings (SSSR count). The molecule has 0 fully saturated rings. The van der Waals surface area contributed by atoms with Gasteiger partial charge in [0.1, 0.15) is 5.01 Å². The van der Waals surface area contributed by atoms with Crippen molar-refractivity contribution in [2.45, 2.75) is 26.4 Å². The van der Waals surface area contributed by atoms with Crippen molar-refractivity contribution in [3.05, 3.63) is 46.2 Å². The van der Waals surface area contributed by atoms with Crippen LogP contribution in [0.3, 0.4) is 0 Å². The van der Waals surface area contributed by atoms with E-state index in [0.717, 1.165) is 11.6 Å². The van der Waals surface area contributed by atoms with Crippen molar-refractivity contribution < 1.29 is 0 Å². The maximum absolute atomic E-state index is 4.33. The molecule has 0 saturated heterocycles. The minimum absolute atomic E-state index is 0.326. The summed E-state index contributed by atoms with van der Waals surface area (Å²) in [7, 11) is 0. The number of aromatic nitrogens is 2. The molecule has 0 saturated carbocycles. The third kappa shape index (κ3) is 2.87. The summed E-state index contributed by atoms with van der Waals surface area (Å²) in [5.74, 6) is 0. The Hall–Kier alpha value is -1.26. The van der Waals surface area contributed by atoms with Crippen LogP contribution in [0.2, 0.25) is 0 Å². The molecule has 0 aliphatic heterocycles. The number of rotatable bonds is 4. The molecule has 3 nitrogen and oxygen atoms in total. The van der Waals surface area contributed by atoms with Gasteiger partial charge in [0.2, 0.25) is 0 Å². The van der Waals surface area contributed by atoms with E-state index in [1.165, 1.54) is 10.4 Å². The van der Waals surface area contributed by atoms with Crippen LogP contribution in [0.4, 0.5) is 0 Å². The number of hydrogen-bond donors (Lipinski definition) is 1. The molecule has 2 aromatic rings. The van der Waals surface area contributed by atoms with Crippen molar-refractivity contribution in [2.24, 2.45) is 0 Å². The lowest BCUT2D eigenvalue weighted by molar-refractivity contribution is 0.572. The van der Waals surface area contributed by atoms with Gasteiger partial charge in [0.05, 0.1) is 0 Å². The molecule has 0 radical (unpaired) electrons. The van der Waals surface area contributed by atoms with Gasteiger partial charge in [0.25, 0.3) is 0 Å². The van der Waals surface area contributed by atoms with E-state index in [2.05, 4.69) is 29.1 Å². The van der Waals surface area contributed by atoms with Crippen LogP contribution in [-0.4, -0.2) is 9.97 Å². The van der Waals surface area contributed by atoms with E-state index in [9.17, 15) is 0 Å². The first-order valence-electron chi connectivity index (χ1n) is 5.30. The van der Waals surface area contributed by atoms with Crippen molar-refractivity contribution in [1.82, 2.24) is 15.3 Å². The fourth-order valence-corrected chi connectivity index (χ4v) is 2.23. The zero-order chi connectivity index (χ0) is 11.4. The highest BCUT2D eigenvalue weighted by Gasteiger charge is 2.05. The van der Waals surface area contributed by atoms with Crippen LogP contribution in [0.25, 0.3) is 0 Å². The molecule has 4 heteroatoms. The molecule has 1 N–H and O–H groups in total. The number of aryl methyl sites for hydroxylation is 1. The van der Waals surface area contributed by atoms with E-state index < -0.39 is 0 Å². The average molecular weight is 233 g/mol. The summed E-state index contributed by atoms with van der Waals surface area (Å²) >= 11 is 1.74. The second-order valence-corrected chi connectivity index (χ2v) is 5.07. The third-order valence-electron chi connectivity index (χ3n) is 2.43. The largest absolute Gasteiger partial charge is 0.304 e. The van der Waals surface area contributed by atoms with Crippen LogP contribution in [-0.2, 0) is 6.54 Å². The van der Waals surface area contributed by atoms with Crippen LogP contribution < -0.4 is 5.32 Å². The summed E-state index contributed by atoms with van der Waals surface area (Å²) in [6, 6.07) is 4.39. The Balaban J connectivity index is 1.91. The molecular formula is C12H15N3S. The predicted octanol–water partition coefficient (Wildman–Crippen LogP) is 2.70. The summed E-state index contributed by atoms with van der Waals surface area (Å²) in [6.07, 6.45) is 5.56. The quantitative estimate of drug-likeness (QED) is 0.882. The minimum Gasteiger partial charge on any atom is -0.304 e. The van der Waals surface area contributed by atoms with Gasteiger partial charge >= 0.3 is 0 Å². The van der Waals surface area contributed by atoms with E-state index >= 15 is 0 Å². The van der Waals surface area contributed by atoms with Crippen molar-refractivity contribution in [3.63, 3.8) is 0 Å². The van der Waals surface area contributed by atoms with E-state index in [1.54, 1.807) is 11.3 Å². The van der Waals surface area contributed by atoms with Crippen LogP contribution in [0.15, 0.2) is 30.7 Å². The van der Waals surface area contributed by atoms with Crippen LogP contribution in [0, 0.1) is 6.92 Å². The van der Waals surface area contributed by atoms with Crippen LogP contribution in [0.1, 0.15) is 28.4 Å². The first-order chi connectivity index (χ1) is 7.75. The summed E-state index contributed by atoms with van der Waals surface area (Å²) in [5.41, 5.74) is 1.25. The first-order valence-corrected chi connectivity index (χ1v) is 6.12. The van der Waals surface area contributed by atoms with Gasteiger partial charge in [0.15, 0.2) is 0 Å². The summed E-state index contributed by atoms with van der Waals surface area (Å²) in [4.78, 5) is 9.59. The van der Waals surface area contributed by atoms with Gasteiger partial charge < -0.3 is 5.32 Å². The fraction of sp³-hybridized carbons (Fsp3) is 0.333. The first kappa shape index (κ1) is 11.2. The zero-order valence-electron chi connectivity index (χ0n) is 9.47. The summed E-state index contributed by atoms with van der Waals surface area (Å²) in [5, 5.41) is 4.59. The standard InChI is InChI=1S/C12H15N3S/c1-9-7-15-12(16-9)8-14-10(2)11-3-5-13-6-4-11/h3-7,10,14H,8H2,1-2H3. The van der Waals surface area contributed by atoms with Gasteiger partial charge in [-0.15, -0.1) is 11.3 Å². The molecule has 2 aromatic heterocycles. The molecule has 1 unspecified atom stereocenters. The molecule has 0 aromatic carbocycles. The lowest BCUT2D eigenvalue weighted by Crippen LogP contribution is -2.17. The molecule has 84 valence electrons. The molecule has 2 heterocycles. The van der Waals surface area contributed by atoms with Crippen LogP contribution in [0.5, 0.6) is 0 Å². The highest BCUT2D eigenvalue weighted by atomic mass is 32.1. The fourth-order valence-electron chi connectivity index (χ4n) is 1.49. The number of pyridine rings is 1. The molecule has 0 aliphatic carbocycles. The Morgan fingerprint density at radius 2 is 2.12 bits per heavy atom. The number of thiazole rings is 1. The maximum atomic E-state index is 4.33. The third-order valence-corrected chi connectivity index (χ3v) is 3.35. The number of nitrogens with zero attached hydrogens (tertiary/aromatic N) is 2. The highest BCUT2D eigenvalue weighted by molar-refractivity contribution is 7.11. The van der Waals surface area contributed by atoms with Gasteiger partial charge in [-0.3, -0.25) is 4.98 Å². The Bertz CT molecular complexity index is 439. The summed E-state index contributed by atoms with van der Waals surface area (Å²) in [6.45, 7) is 5.05. The molecule has 0 aliphatic rings. The topological polar surface area (TPSA) is 37.8 Å². The molecular weight excluding hydrogens is 218 g/mol. The average Bonchev–Trinajstić information content (AvgIpc) is 2.73. The van der Waals surface area contributed by atoms with E-state index in [4.69, 9.17) is 0 Å². The van der Waals surface area contributed by atoms with Gasteiger partial charge in [-0.2, -0.15) is 0 Å². The Morgan fingerprint density at radius 3 is 2.75 bits per heavy atom. The Kier molecular flexibility index (Phi) is 3.64. The normalized spacial score (nSPS) is 12.6. The van der Waals surface area contributed by atoms with Gasteiger partial charge in [0, 0.05) is 36.1 Å². The van der Waals surface area contributed by atoms with Gasteiger partial charge in [-0.1, -0.05) is 0 Å². The van der Waals surface area contributed by atoms with Crippen molar-refractivity contribution in [2.75, 3.05) is 0 Å². The summed E-state index contributed by atoms with van der Waals surface area (Å²) < 4.78 is 0. The second kappa shape index (κ2) is 5.18. The monoisotopic (exact) mass is 233 g/mol. The Morgan fingerprint density at radius 1 is 1.38 bits per heavy atom. The van der Waals surface area contributed by atoms with E-state index in [-0.39, 0.29) is 0 Å². The number of nitrogens with one attached hydrogen (secondary N) is 1. The highest BCUT2D eigenvalue weighted by Crippen LogP contribution is 2.14. The minimum atomic E-state index is 0.326. The molecule has 0 amide bonds. The molecule has 0 spiro atoms.